The van der Waals surface area contributed by atoms with Gasteiger partial charge >= 0.3 is 0 Å². The van der Waals surface area contributed by atoms with Crippen molar-refractivity contribution in [3.05, 3.63) is 77.8 Å². The number of nitrogens with one attached hydrogen (secondary N) is 1. The highest BCUT2D eigenvalue weighted by atomic mass is 35.5. The van der Waals surface area contributed by atoms with Crippen LogP contribution < -0.4 is 5.32 Å². The van der Waals surface area contributed by atoms with E-state index in [2.05, 4.69) is 20.3 Å². The topological polar surface area (TPSA) is 115 Å². The molecule has 4 rings (SSSR count). The number of halogens is 1. The van der Waals surface area contributed by atoms with E-state index in [0.29, 0.717) is 11.3 Å². The second-order valence-electron chi connectivity index (χ2n) is 6.03. The van der Waals surface area contributed by atoms with Crippen molar-refractivity contribution in [2.24, 2.45) is 0 Å². The molecular weight excluding hydrogens is 416 g/mol. The minimum Gasteiger partial charge on any atom is -0.449 e. The molecule has 0 bridgehead atoms. The number of fused-ring (bicyclic) bond motifs is 1. The van der Waals surface area contributed by atoms with Crippen molar-refractivity contribution in [3.63, 3.8) is 0 Å². The third-order valence-electron chi connectivity index (χ3n) is 4.07. The van der Waals surface area contributed by atoms with Crippen molar-refractivity contribution in [1.29, 1.82) is 0 Å². The quantitative estimate of drug-likeness (QED) is 0.519. The Balaban J connectivity index is 1.46. The number of nitrogens with zero attached hydrogens (tertiary/aromatic N) is 3. The minimum absolute atomic E-state index is 0.00132. The molecule has 0 saturated carbocycles. The molecule has 0 aliphatic carbocycles. The molecule has 146 valence electrons. The van der Waals surface area contributed by atoms with Gasteiger partial charge in [-0.25, -0.2) is 8.42 Å². The first-order valence-corrected chi connectivity index (χ1v) is 10.2. The highest BCUT2D eigenvalue weighted by Gasteiger charge is 2.19. The molecule has 0 atom stereocenters. The monoisotopic (exact) mass is 428 g/mol. The Hall–Kier alpha value is -3.30. The number of furan rings is 1. The Morgan fingerprint density at radius 1 is 1.03 bits per heavy atom. The molecule has 0 saturated heterocycles. The van der Waals surface area contributed by atoms with E-state index in [1.165, 1.54) is 43.0 Å². The average molecular weight is 429 g/mol. The van der Waals surface area contributed by atoms with E-state index in [0.717, 1.165) is 5.39 Å². The molecule has 0 aliphatic rings. The van der Waals surface area contributed by atoms with Gasteiger partial charge in [-0.15, -0.1) is 0 Å². The summed E-state index contributed by atoms with van der Waals surface area (Å²) >= 11 is 5.82. The Bertz CT molecular complexity index is 1270. The van der Waals surface area contributed by atoms with E-state index in [1.807, 2.05) is 0 Å². The van der Waals surface area contributed by atoms with Gasteiger partial charge in [0.1, 0.15) is 0 Å². The van der Waals surface area contributed by atoms with Crippen LogP contribution in [0.5, 0.6) is 0 Å². The maximum Gasteiger partial charge on any atom is 0.287 e. The molecule has 4 aromatic heterocycles. The smallest absolute Gasteiger partial charge is 0.287 e. The second kappa shape index (κ2) is 7.61. The standard InChI is InChI=1S/C19H13ClN4O4S/c20-13-6-16(9-22-7-13)29(26,27)15-2-1-14(23-10-15)8-24-19(25)17-5-12-3-4-21-11-18(12)28-17/h1-7,9-11H,8H2,(H,24,25). The van der Waals surface area contributed by atoms with E-state index >= 15 is 0 Å². The van der Waals surface area contributed by atoms with Gasteiger partial charge in [0.2, 0.25) is 9.84 Å². The molecule has 1 amide bonds. The molecule has 29 heavy (non-hydrogen) atoms. The van der Waals surface area contributed by atoms with Gasteiger partial charge in [-0.2, -0.15) is 0 Å². The van der Waals surface area contributed by atoms with Crippen LogP contribution in [0.3, 0.4) is 0 Å². The lowest BCUT2D eigenvalue weighted by atomic mass is 10.3. The van der Waals surface area contributed by atoms with E-state index in [4.69, 9.17) is 16.0 Å². The predicted molar refractivity (Wildman–Crippen MR) is 104 cm³/mol. The van der Waals surface area contributed by atoms with Crippen molar-refractivity contribution >= 4 is 38.3 Å². The summed E-state index contributed by atoms with van der Waals surface area (Å²) < 4.78 is 30.7. The van der Waals surface area contributed by atoms with Gasteiger partial charge in [-0.1, -0.05) is 11.6 Å². The summed E-state index contributed by atoms with van der Waals surface area (Å²) in [6.45, 7) is 0.104. The molecule has 8 nitrogen and oxygen atoms in total. The van der Waals surface area contributed by atoms with E-state index < -0.39 is 15.7 Å². The van der Waals surface area contributed by atoms with Crippen LogP contribution in [0.1, 0.15) is 16.2 Å². The van der Waals surface area contributed by atoms with Crippen molar-refractivity contribution in [2.45, 2.75) is 16.3 Å². The van der Waals surface area contributed by atoms with Crippen LogP contribution >= 0.6 is 11.6 Å². The van der Waals surface area contributed by atoms with Crippen LogP contribution in [0.15, 0.2) is 75.5 Å². The zero-order chi connectivity index (χ0) is 20.4. The van der Waals surface area contributed by atoms with Gasteiger partial charge in [-0.3, -0.25) is 19.7 Å². The molecule has 0 fully saturated rings. The summed E-state index contributed by atoms with van der Waals surface area (Å²) in [4.78, 5) is 24.1. The van der Waals surface area contributed by atoms with Crippen LogP contribution in [0.25, 0.3) is 11.0 Å². The lowest BCUT2D eigenvalue weighted by Crippen LogP contribution is -2.22. The molecule has 4 aromatic rings. The Morgan fingerprint density at radius 3 is 2.62 bits per heavy atom. The maximum absolute atomic E-state index is 12.6. The van der Waals surface area contributed by atoms with Crippen LogP contribution in [0.2, 0.25) is 5.02 Å². The Kier molecular flexibility index (Phi) is 4.99. The molecule has 0 aliphatic heterocycles. The van der Waals surface area contributed by atoms with Gasteiger partial charge in [0.15, 0.2) is 11.3 Å². The largest absolute Gasteiger partial charge is 0.449 e. The highest BCUT2D eigenvalue weighted by Crippen LogP contribution is 2.22. The zero-order valence-corrected chi connectivity index (χ0v) is 16.3. The number of sulfone groups is 1. The van der Waals surface area contributed by atoms with Crippen LogP contribution in [0, 0.1) is 0 Å². The Labute approximate surface area is 170 Å². The number of hydrogen-bond acceptors (Lipinski definition) is 7. The normalized spacial score (nSPS) is 11.5. The second-order valence-corrected chi connectivity index (χ2v) is 8.42. The number of rotatable bonds is 5. The average Bonchev–Trinajstić information content (AvgIpc) is 3.17. The van der Waals surface area contributed by atoms with Crippen molar-refractivity contribution in [2.75, 3.05) is 0 Å². The fourth-order valence-corrected chi connectivity index (χ4v) is 4.04. The summed E-state index contributed by atoms with van der Waals surface area (Å²) in [5, 5.41) is 3.67. The van der Waals surface area contributed by atoms with E-state index in [1.54, 1.807) is 18.3 Å². The first-order chi connectivity index (χ1) is 13.9. The summed E-state index contributed by atoms with van der Waals surface area (Å²) in [5.74, 6) is -0.259. The third kappa shape index (κ3) is 3.96. The number of aromatic nitrogens is 3. The van der Waals surface area contributed by atoms with Gasteiger partial charge < -0.3 is 9.73 Å². The van der Waals surface area contributed by atoms with Gasteiger partial charge in [0.05, 0.1) is 33.2 Å². The summed E-state index contributed by atoms with van der Waals surface area (Å²) in [7, 11) is -3.79. The number of hydrogen-bond donors (Lipinski definition) is 1. The summed E-state index contributed by atoms with van der Waals surface area (Å²) in [6.07, 6.45) is 6.94. The fraction of sp³-hybridized carbons (Fsp3) is 0.0526. The molecule has 0 aromatic carbocycles. The lowest BCUT2D eigenvalue weighted by Gasteiger charge is -2.06. The minimum atomic E-state index is -3.79. The van der Waals surface area contributed by atoms with Crippen LogP contribution in [-0.4, -0.2) is 29.3 Å². The number of carbonyl (C=O) groups is 1. The van der Waals surface area contributed by atoms with Crippen molar-refractivity contribution in [1.82, 2.24) is 20.3 Å². The lowest BCUT2D eigenvalue weighted by molar-refractivity contribution is 0.0925. The van der Waals surface area contributed by atoms with E-state index in [9.17, 15) is 13.2 Å². The number of pyridine rings is 3. The molecule has 4 heterocycles. The molecule has 0 spiro atoms. The molecular formula is C19H13ClN4O4S. The van der Waals surface area contributed by atoms with Crippen LogP contribution in [-0.2, 0) is 16.4 Å². The first kappa shape index (κ1) is 19.0. The van der Waals surface area contributed by atoms with Gasteiger partial charge in [0.25, 0.3) is 5.91 Å². The molecule has 0 unspecified atom stereocenters. The number of carbonyl (C=O) groups excluding carboxylic acids is 1. The van der Waals surface area contributed by atoms with Crippen LogP contribution in [0.4, 0.5) is 0 Å². The molecule has 0 radical (unpaired) electrons. The zero-order valence-electron chi connectivity index (χ0n) is 14.7. The molecule has 10 heteroatoms. The number of amides is 1. The predicted octanol–water partition coefficient (Wildman–Crippen LogP) is 3.03. The Morgan fingerprint density at radius 2 is 1.90 bits per heavy atom. The molecule has 1 N–H and O–H groups in total. The third-order valence-corrected chi connectivity index (χ3v) is 5.99. The van der Waals surface area contributed by atoms with Gasteiger partial charge in [0, 0.05) is 30.2 Å². The highest BCUT2D eigenvalue weighted by molar-refractivity contribution is 7.91. The van der Waals surface area contributed by atoms with Crippen molar-refractivity contribution in [3.8, 4) is 0 Å². The maximum atomic E-state index is 12.6. The fourth-order valence-electron chi connectivity index (χ4n) is 2.60. The summed E-state index contributed by atoms with van der Waals surface area (Å²) in [5.41, 5.74) is 1.00. The summed E-state index contributed by atoms with van der Waals surface area (Å²) in [6, 6.07) is 7.62. The van der Waals surface area contributed by atoms with Gasteiger partial charge in [-0.05, 0) is 30.3 Å². The van der Waals surface area contributed by atoms with Crippen molar-refractivity contribution < 1.29 is 17.6 Å². The first-order valence-electron chi connectivity index (χ1n) is 8.36. The SMILES string of the molecule is O=C(NCc1ccc(S(=O)(=O)c2cncc(Cl)c2)cn1)c1cc2ccncc2o1. The van der Waals surface area contributed by atoms with E-state index in [-0.39, 0.29) is 27.1 Å².